The van der Waals surface area contributed by atoms with E-state index >= 15 is 0 Å². The van der Waals surface area contributed by atoms with Crippen LogP contribution in [0.25, 0.3) is 16.7 Å². The van der Waals surface area contributed by atoms with Crippen molar-refractivity contribution >= 4 is 28.6 Å². The molecule has 3 aromatic heterocycles. The van der Waals surface area contributed by atoms with Crippen molar-refractivity contribution in [1.82, 2.24) is 34.4 Å². The molecule has 0 radical (unpaired) electrons. The van der Waals surface area contributed by atoms with Gasteiger partial charge >= 0.3 is 0 Å². The first-order valence-corrected chi connectivity index (χ1v) is 10.6. The van der Waals surface area contributed by atoms with Crippen molar-refractivity contribution in [3.63, 3.8) is 0 Å². The summed E-state index contributed by atoms with van der Waals surface area (Å²) in [5.41, 5.74) is 2.17. The van der Waals surface area contributed by atoms with Gasteiger partial charge < -0.3 is 10.2 Å². The zero-order valence-corrected chi connectivity index (χ0v) is 17.8. The van der Waals surface area contributed by atoms with Gasteiger partial charge in [0.15, 0.2) is 0 Å². The highest BCUT2D eigenvalue weighted by atomic mass is 16.2. The maximum Gasteiger partial charge on any atom is 0.252 e. The van der Waals surface area contributed by atoms with Gasteiger partial charge in [0.1, 0.15) is 5.65 Å². The quantitative estimate of drug-likeness (QED) is 0.437. The highest BCUT2D eigenvalue weighted by Crippen LogP contribution is 2.21. The average molecular weight is 442 g/mol. The lowest BCUT2D eigenvalue weighted by atomic mass is 9.96. The van der Waals surface area contributed by atoms with Crippen LogP contribution in [0.15, 0.2) is 72.4 Å². The molecule has 1 saturated heterocycles. The smallest absolute Gasteiger partial charge is 0.252 e. The van der Waals surface area contributed by atoms with E-state index in [1.807, 2.05) is 24.3 Å². The van der Waals surface area contributed by atoms with E-state index in [-0.39, 0.29) is 11.5 Å². The Bertz CT molecular complexity index is 1360. The normalized spacial score (nSPS) is 13.6. The highest BCUT2D eigenvalue weighted by Gasteiger charge is 2.28. The molecular weight excluding hydrogens is 420 g/mol. The van der Waals surface area contributed by atoms with E-state index < -0.39 is 0 Å². The van der Waals surface area contributed by atoms with Gasteiger partial charge in [-0.05, 0) is 48.7 Å². The SMILES string of the molecule is C=CC(=O)N1CC(CCn2c(=O)ccc3cnc(Nc4ccc(-n5ccnn5)cc4)nc32)C1. The zero-order valence-electron chi connectivity index (χ0n) is 17.8. The number of benzene rings is 1. The molecule has 0 atom stereocenters. The van der Waals surface area contributed by atoms with Gasteiger partial charge in [-0.15, -0.1) is 5.10 Å². The van der Waals surface area contributed by atoms with Gasteiger partial charge in [0.2, 0.25) is 11.9 Å². The van der Waals surface area contributed by atoms with Crippen LogP contribution in [0.1, 0.15) is 6.42 Å². The number of likely N-dealkylation sites (tertiary alicyclic amines) is 1. The average Bonchev–Trinajstić information content (AvgIpc) is 3.34. The third kappa shape index (κ3) is 4.22. The minimum atomic E-state index is -0.109. The standard InChI is InChI=1S/C23H22N8O2/c1-2-20(32)29-14-16(15-29)9-11-30-21(33)8-3-17-13-24-23(27-22(17)30)26-18-4-6-19(7-5-18)31-12-10-25-28-31/h2-8,10,12-13,16H,1,9,11,14-15H2,(H,24,26,27). The number of pyridine rings is 1. The fourth-order valence-corrected chi connectivity index (χ4v) is 3.89. The van der Waals surface area contributed by atoms with Crippen LogP contribution in [0, 0.1) is 5.92 Å². The lowest BCUT2D eigenvalue weighted by Gasteiger charge is -2.38. The predicted octanol–water partition coefficient (Wildman–Crippen LogP) is 2.15. The Kier molecular flexibility index (Phi) is 5.39. The van der Waals surface area contributed by atoms with E-state index in [2.05, 4.69) is 32.2 Å². The minimum absolute atomic E-state index is 0.0497. The molecular formula is C23H22N8O2. The van der Waals surface area contributed by atoms with Crippen LogP contribution in [0.4, 0.5) is 11.6 Å². The van der Waals surface area contributed by atoms with Crippen LogP contribution in [-0.2, 0) is 11.3 Å². The third-order valence-corrected chi connectivity index (χ3v) is 5.74. The summed E-state index contributed by atoms with van der Waals surface area (Å²) < 4.78 is 3.34. The van der Waals surface area contributed by atoms with Crippen molar-refractivity contribution in [3.8, 4) is 5.69 Å². The Balaban J connectivity index is 1.32. The number of rotatable bonds is 7. The van der Waals surface area contributed by atoms with Crippen LogP contribution < -0.4 is 10.9 Å². The van der Waals surface area contributed by atoms with Gasteiger partial charge in [-0.1, -0.05) is 11.8 Å². The van der Waals surface area contributed by atoms with Crippen LogP contribution in [0.5, 0.6) is 0 Å². The minimum Gasteiger partial charge on any atom is -0.338 e. The lowest BCUT2D eigenvalue weighted by molar-refractivity contribution is -0.132. The largest absolute Gasteiger partial charge is 0.338 e. The monoisotopic (exact) mass is 442 g/mol. The van der Waals surface area contributed by atoms with E-state index in [4.69, 9.17) is 0 Å². The fourth-order valence-electron chi connectivity index (χ4n) is 3.89. The van der Waals surface area contributed by atoms with E-state index in [1.54, 1.807) is 38.8 Å². The summed E-state index contributed by atoms with van der Waals surface area (Å²) in [5.74, 6) is 0.715. The second kappa shape index (κ2) is 8.65. The Morgan fingerprint density at radius 3 is 2.73 bits per heavy atom. The molecule has 4 aromatic rings. The number of hydrogen-bond acceptors (Lipinski definition) is 7. The molecule has 1 amide bonds. The molecule has 0 saturated carbocycles. The number of aromatic nitrogens is 6. The molecule has 0 unspecified atom stereocenters. The number of nitrogens with zero attached hydrogens (tertiary/aromatic N) is 7. The zero-order chi connectivity index (χ0) is 22.8. The van der Waals surface area contributed by atoms with Crippen molar-refractivity contribution < 1.29 is 4.79 Å². The number of aryl methyl sites for hydroxylation is 1. The van der Waals surface area contributed by atoms with Crippen molar-refractivity contribution in [2.45, 2.75) is 13.0 Å². The van der Waals surface area contributed by atoms with Gasteiger partial charge in [-0.2, -0.15) is 4.98 Å². The number of anilines is 2. The fraction of sp³-hybridized carbons (Fsp3) is 0.217. The van der Waals surface area contributed by atoms with Crippen LogP contribution in [0.3, 0.4) is 0 Å². The molecule has 33 heavy (non-hydrogen) atoms. The Hall–Kier alpha value is -4.34. The predicted molar refractivity (Wildman–Crippen MR) is 123 cm³/mol. The Labute approximate surface area is 189 Å². The maximum atomic E-state index is 12.6. The maximum absolute atomic E-state index is 12.6. The van der Waals surface area contributed by atoms with E-state index in [0.29, 0.717) is 37.1 Å². The van der Waals surface area contributed by atoms with Crippen molar-refractivity contribution in [1.29, 1.82) is 0 Å². The number of fused-ring (bicyclic) bond motifs is 1. The third-order valence-electron chi connectivity index (χ3n) is 5.74. The van der Waals surface area contributed by atoms with E-state index in [1.165, 1.54) is 12.1 Å². The molecule has 1 aliphatic heterocycles. The summed E-state index contributed by atoms with van der Waals surface area (Å²) in [6.45, 7) is 5.43. The van der Waals surface area contributed by atoms with Crippen LogP contribution >= 0.6 is 0 Å². The van der Waals surface area contributed by atoms with E-state index in [0.717, 1.165) is 23.2 Å². The summed E-state index contributed by atoms with van der Waals surface area (Å²) >= 11 is 0. The second-order valence-electron chi connectivity index (χ2n) is 7.92. The van der Waals surface area contributed by atoms with Gasteiger partial charge in [0.25, 0.3) is 5.56 Å². The summed E-state index contributed by atoms with van der Waals surface area (Å²) in [7, 11) is 0. The van der Waals surface area contributed by atoms with Gasteiger partial charge in [-0.3, -0.25) is 14.2 Å². The molecule has 1 fully saturated rings. The molecule has 166 valence electrons. The van der Waals surface area contributed by atoms with Gasteiger partial charge in [-0.25, -0.2) is 9.67 Å². The lowest BCUT2D eigenvalue weighted by Crippen LogP contribution is -2.49. The molecule has 10 nitrogen and oxygen atoms in total. The van der Waals surface area contributed by atoms with Crippen molar-refractivity contribution in [2.75, 3.05) is 18.4 Å². The first-order chi connectivity index (χ1) is 16.1. The van der Waals surface area contributed by atoms with Crippen LogP contribution in [-0.4, -0.2) is 53.4 Å². The number of carbonyl (C=O) groups is 1. The number of amides is 1. The molecule has 1 aliphatic rings. The number of hydrogen-bond donors (Lipinski definition) is 1. The summed E-state index contributed by atoms with van der Waals surface area (Å²) in [4.78, 5) is 35.0. The topological polar surface area (TPSA) is 111 Å². The molecule has 10 heteroatoms. The first kappa shape index (κ1) is 20.6. The van der Waals surface area contributed by atoms with Gasteiger partial charge in [0.05, 0.1) is 18.1 Å². The molecule has 0 aliphatic carbocycles. The van der Waals surface area contributed by atoms with E-state index in [9.17, 15) is 9.59 Å². The summed E-state index contributed by atoms with van der Waals surface area (Å²) in [5, 5.41) is 11.8. The highest BCUT2D eigenvalue weighted by molar-refractivity contribution is 5.87. The Morgan fingerprint density at radius 2 is 2.00 bits per heavy atom. The van der Waals surface area contributed by atoms with Crippen molar-refractivity contribution in [2.24, 2.45) is 5.92 Å². The Morgan fingerprint density at radius 1 is 1.18 bits per heavy atom. The molecule has 0 bridgehead atoms. The molecule has 1 N–H and O–H groups in total. The molecule has 5 rings (SSSR count). The molecule has 0 spiro atoms. The van der Waals surface area contributed by atoms with Gasteiger partial charge in [0, 0.05) is 43.0 Å². The first-order valence-electron chi connectivity index (χ1n) is 10.6. The molecule has 4 heterocycles. The number of nitrogens with one attached hydrogen (secondary N) is 1. The number of carbonyl (C=O) groups excluding carboxylic acids is 1. The second-order valence-corrected chi connectivity index (χ2v) is 7.92. The van der Waals surface area contributed by atoms with Crippen LogP contribution in [0.2, 0.25) is 0 Å². The summed E-state index contributed by atoms with van der Waals surface area (Å²) in [6.07, 6.45) is 7.22. The van der Waals surface area contributed by atoms with Crippen molar-refractivity contribution in [3.05, 3.63) is 78.0 Å². The summed E-state index contributed by atoms with van der Waals surface area (Å²) in [6, 6.07) is 10.9. The molecule has 1 aromatic carbocycles.